The van der Waals surface area contributed by atoms with Crippen molar-refractivity contribution in [3.8, 4) is 0 Å². The molecule has 0 bridgehead atoms. The molecular weight excluding hydrogens is 399 g/mol. The van der Waals surface area contributed by atoms with E-state index in [4.69, 9.17) is 9.57 Å². The molecule has 0 N–H and O–H groups in total. The summed E-state index contributed by atoms with van der Waals surface area (Å²) >= 11 is 0. The van der Waals surface area contributed by atoms with Crippen LogP contribution < -0.4 is 0 Å². The number of esters is 1. The summed E-state index contributed by atoms with van der Waals surface area (Å²) in [5.41, 5.74) is 0.830. The molecule has 0 aliphatic carbocycles. The van der Waals surface area contributed by atoms with E-state index >= 15 is 0 Å². The third-order valence-corrected chi connectivity index (χ3v) is 4.24. The Labute approximate surface area is 173 Å². The molecule has 2 aromatic rings. The van der Waals surface area contributed by atoms with Crippen molar-refractivity contribution in [3.63, 3.8) is 0 Å². The number of halogens is 3. The Bertz CT molecular complexity index is 838. The fourth-order valence-corrected chi connectivity index (χ4v) is 2.72. The van der Waals surface area contributed by atoms with E-state index in [1.807, 2.05) is 30.3 Å². The molecule has 2 rings (SSSR count). The first kappa shape index (κ1) is 23.4. The number of methoxy groups -OCH3 is 1. The van der Waals surface area contributed by atoms with Gasteiger partial charge in [0.05, 0.1) is 25.9 Å². The molecule has 0 aliphatic rings. The molecule has 0 aliphatic heterocycles. The van der Waals surface area contributed by atoms with Crippen LogP contribution in [-0.2, 0) is 38.3 Å². The molecule has 0 amide bonds. The average molecular weight is 423 g/mol. The molecule has 5 nitrogen and oxygen atoms in total. The second-order valence-corrected chi connectivity index (χ2v) is 6.73. The number of oxime groups is 1. The molecule has 1 atom stereocenters. The van der Waals surface area contributed by atoms with E-state index in [0.29, 0.717) is 18.6 Å². The summed E-state index contributed by atoms with van der Waals surface area (Å²) in [6.45, 7) is 2.13. The zero-order chi connectivity index (χ0) is 22.0. The van der Waals surface area contributed by atoms with E-state index in [0.717, 1.165) is 17.7 Å². The Balaban J connectivity index is 2.03. The van der Waals surface area contributed by atoms with Crippen LogP contribution in [0.25, 0.3) is 0 Å². The van der Waals surface area contributed by atoms with Crippen molar-refractivity contribution < 1.29 is 32.3 Å². The van der Waals surface area contributed by atoms with Gasteiger partial charge in [0.15, 0.2) is 5.71 Å². The summed E-state index contributed by atoms with van der Waals surface area (Å²) in [4.78, 5) is 16.6. The molecule has 0 fully saturated rings. The van der Waals surface area contributed by atoms with Crippen LogP contribution in [0.1, 0.15) is 23.6 Å². The fraction of sp³-hybridized carbons (Fsp3) is 0.364. The third kappa shape index (κ3) is 7.87. The fourth-order valence-electron chi connectivity index (χ4n) is 2.72. The lowest BCUT2D eigenvalue weighted by atomic mass is 9.99. The molecule has 0 heterocycles. The van der Waals surface area contributed by atoms with Crippen LogP contribution in [0.4, 0.5) is 13.2 Å². The second-order valence-electron chi connectivity index (χ2n) is 6.73. The van der Waals surface area contributed by atoms with Gasteiger partial charge in [-0.05, 0) is 30.5 Å². The first-order valence-corrected chi connectivity index (χ1v) is 9.32. The van der Waals surface area contributed by atoms with Crippen LogP contribution in [0, 0.1) is 5.92 Å². The minimum Gasteiger partial charge on any atom is -0.464 e. The molecule has 0 spiro atoms. The number of carbonyl (C=O) groups excluding carboxylic acids is 1. The Morgan fingerprint density at radius 1 is 1.03 bits per heavy atom. The van der Waals surface area contributed by atoms with Gasteiger partial charge in [0.2, 0.25) is 0 Å². The van der Waals surface area contributed by atoms with Crippen molar-refractivity contribution in [1.82, 2.24) is 0 Å². The zero-order valence-corrected chi connectivity index (χ0v) is 16.8. The van der Waals surface area contributed by atoms with Crippen molar-refractivity contribution in [2.45, 2.75) is 26.1 Å². The molecule has 8 heteroatoms. The van der Waals surface area contributed by atoms with Crippen molar-refractivity contribution in [3.05, 3.63) is 71.3 Å². The number of hydrogen-bond acceptors (Lipinski definition) is 5. The SMILES string of the molecule is COC(=O)/C(C)=N/OCC(COCc1ccccc1)Cc1cccc(C(F)(F)F)c1. The summed E-state index contributed by atoms with van der Waals surface area (Å²) in [6.07, 6.45) is -4.11. The Hall–Kier alpha value is -2.87. The van der Waals surface area contributed by atoms with Crippen LogP contribution in [0.2, 0.25) is 0 Å². The van der Waals surface area contributed by atoms with Crippen LogP contribution in [0.15, 0.2) is 59.8 Å². The second kappa shape index (κ2) is 11.3. The van der Waals surface area contributed by atoms with Crippen molar-refractivity contribution in [1.29, 1.82) is 0 Å². The highest BCUT2D eigenvalue weighted by molar-refractivity contribution is 6.35. The van der Waals surface area contributed by atoms with E-state index in [2.05, 4.69) is 9.89 Å². The topological polar surface area (TPSA) is 57.1 Å². The van der Waals surface area contributed by atoms with E-state index in [-0.39, 0.29) is 24.8 Å². The van der Waals surface area contributed by atoms with Crippen LogP contribution in [0.5, 0.6) is 0 Å². The summed E-state index contributed by atoms with van der Waals surface area (Å²) in [6, 6.07) is 14.7. The van der Waals surface area contributed by atoms with Crippen LogP contribution in [-0.4, -0.2) is 32.0 Å². The van der Waals surface area contributed by atoms with Crippen molar-refractivity contribution in [2.24, 2.45) is 11.1 Å². The maximum atomic E-state index is 13.0. The minimum atomic E-state index is -4.41. The highest BCUT2D eigenvalue weighted by Crippen LogP contribution is 2.30. The van der Waals surface area contributed by atoms with Gasteiger partial charge < -0.3 is 14.3 Å². The molecule has 2 aromatic carbocycles. The highest BCUT2D eigenvalue weighted by Gasteiger charge is 2.30. The zero-order valence-electron chi connectivity index (χ0n) is 16.8. The molecule has 162 valence electrons. The third-order valence-electron chi connectivity index (χ3n) is 4.24. The molecular formula is C22H24F3NO4. The van der Waals surface area contributed by atoms with Gasteiger partial charge in [-0.2, -0.15) is 13.2 Å². The smallest absolute Gasteiger partial charge is 0.416 e. The molecule has 1 unspecified atom stereocenters. The summed E-state index contributed by atoms with van der Waals surface area (Å²) in [5.74, 6) is -0.892. The molecule has 0 saturated heterocycles. The van der Waals surface area contributed by atoms with Gasteiger partial charge in [-0.25, -0.2) is 4.79 Å². The van der Waals surface area contributed by atoms with Crippen molar-refractivity contribution >= 4 is 11.7 Å². The van der Waals surface area contributed by atoms with Gasteiger partial charge in [0.25, 0.3) is 0 Å². The van der Waals surface area contributed by atoms with Gasteiger partial charge in [-0.15, -0.1) is 0 Å². The predicted molar refractivity (Wildman–Crippen MR) is 106 cm³/mol. The normalized spacial score (nSPS) is 13.0. The Morgan fingerprint density at radius 3 is 2.40 bits per heavy atom. The van der Waals surface area contributed by atoms with E-state index < -0.39 is 17.7 Å². The number of alkyl halides is 3. The number of hydrogen-bond donors (Lipinski definition) is 0. The molecule has 0 aromatic heterocycles. The van der Waals surface area contributed by atoms with E-state index in [1.54, 1.807) is 6.07 Å². The molecule has 30 heavy (non-hydrogen) atoms. The van der Waals surface area contributed by atoms with E-state index in [9.17, 15) is 18.0 Å². The summed E-state index contributed by atoms with van der Waals surface area (Å²) < 4.78 is 49.2. The maximum absolute atomic E-state index is 13.0. The van der Waals surface area contributed by atoms with Gasteiger partial charge in [0.1, 0.15) is 6.61 Å². The number of nitrogens with zero attached hydrogens (tertiary/aromatic N) is 1. The molecule has 0 saturated carbocycles. The van der Waals surface area contributed by atoms with Crippen LogP contribution in [0.3, 0.4) is 0 Å². The lowest BCUT2D eigenvalue weighted by Gasteiger charge is -2.17. The lowest BCUT2D eigenvalue weighted by molar-refractivity contribution is -0.137. The van der Waals surface area contributed by atoms with Gasteiger partial charge in [-0.1, -0.05) is 53.7 Å². The number of carbonyl (C=O) groups is 1. The maximum Gasteiger partial charge on any atom is 0.416 e. The number of rotatable bonds is 10. The monoisotopic (exact) mass is 423 g/mol. The Kier molecular flexibility index (Phi) is 8.86. The summed E-state index contributed by atoms with van der Waals surface area (Å²) in [5, 5.41) is 3.71. The van der Waals surface area contributed by atoms with E-state index in [1.165, 1.54) is 20.1 Å². The van der Waals surface area contributed by atoms with Crippen LogP contribution >= 0.6 is 0 Å². The van der Waals surface area contributed by atoms with Gasteiger partial charge in [0, 0.05) is 5.92 Å². The average Bonchev–Trinajstić information content (AvgIpc) is 2.73. The standard InChI is InChI=1S/C22H24F3NO4/c1-16(21(27)28-2)26-30-15-19(14-29-13-17-7-4-3-5-8-17)11-18-9-6-10-20(12-18)22(23,24)25/h3-10,12,19H,11,13-15H2,1-2H3/b26-16+. The quantitative estimate of drug-likeness (QED) is 0.317. The number of ether oxygens (including phenoxy) is 2. The first-order chi connectivity index (χ1) is 14.3. The predicted octanol–water partition coefficient (Wildman–Crippen LogP) is 4.65. The largest absolute Gasteiger partial charge is 0.464 e. The minimum absolute atomic E-state index is 0.0422. The highest BCUT2D eigenvalue weighted by atomic mass is 19.4. The first-order valence-electron chi connectivity index (χ1n) is 9.32. The molecule has 0 radical (unpaired) electrons. The Morgan fingerprint density at radius 2 is 1.73 bits per heavy atom. The summed E-state index contributed by atoms with van der Waals surface area (Å²) in [7, 11) is 1.23. The van der Waals surface area contributed by atoms with Gasteiger partial charge in [-0.3, -0.25) is 0 Å². The number of benzene rings is 2. The van der Waals surface area contributed by atoms with Crippen molar-refractivity contribution in [2.75, 3.05) is 20.3 Å². The lowest BCUT2D eigenvalue weighted by Crippen LogP contribution is -2.19. The van der Waals surface area contributed by atoms with Gasteiger partial charge >= 0.3 is 12.1 Å².